The van der Waals surface area contributed by atoms with E-state index >= 15 is 0 Å². The number of hydrogen-bond donors (Lipinski definition) is 2. The molecule has 6 heteroatoms. The lowest BCUT2D eigenvalue weighted by Gasteiger charge is -2.04. The molecule has 0 fully saturated rings. The molecule has 1 unspecified atom stereocenters. The van der Waals surface area contributed by atoms with E-state index in [9.17, 15) is 14.6 Å². The summed E-state index contributed by atoms with van der Waals surface area (Å²) in [6, 6.07) is 14.6. The van der Waals surface area contributed by atoms with Gasteiger partial charge in [-0.2, -0.15) is 5.26 Å². The molecule has 1 aromatic heterocycles. The number of rotatable bonds is 4. The Morgan fingerprint density at radius 2 is 1.89 bits per heavy atom. The molecule has 0 aliphatic heterocycles. The third kappa shape index (κ3) is 3.81. The molecule has 3 rings (SSSR count). The standard InChI is InChI=1S/C21H19N3O2S/c1-3-24-20(19(14-22)18-11-10-17(25)13-21(18)24)12-7-15-5-8-16(9-6-15)23-27(26)4-2/h5-6,8-11,13,23,25H,3-4H2,1-2H3. The Kier molecular flexibility index (Phi) is 5.49. The van der Waals surface area contributed by atoms with Crippen LogP contribution < -0.4 is 4.72 Å². The normalized spacial score (nSPS) is 11.4. The van der Waals surface area contributed by atoms with Gasteiger partial charge in [0.25, 0.3) is 0 Å². The number of fused-ring (bicyclic) bond motifs is 1. The number of hydrogen-bond acceptors (Lipinski definition) is 3. The van der Waals surface area contributed by atoms with Gasteiger partial charge in [-0.05, 0) is 49.2 Å². The molecule has 2 aromatic carbocycles. The Labute approximate surface area is 160 Å². The van der Waals surface area contributed by atoms with Crippen molar-refractivity contribution in [1.82, 2.24) is 4.57 Å². The number of aryl methyl sites for hydroxylation is 1. The Morgan fingerprint density at radius 3 is 2.52 bits per heavy atom. The van der Waals surface area contributed by atoms with Gasteiger partial charge >= 0.3 is 0 Å². The van der Waals surface area contributed by atoms with E-state index in [-0.39, 0.29) is 5.75 Å². The molecule has 0 aliphatic rings. The highest BCUT2D eigenvalue weighted by Crippen LogP contribution is 2.28. The molecule has 0 bridgehead atoms. The smallest absolute Gasteiger partial charge is 0.117 e. The molecule has 2 N–H and O–H groups in total. The number of nitrogens with zero attached hydrogens (tertiary/aromatic N) is 2. The molecule has 1 atom stereocenters. The molecule has 5 nitrogen and oxygen atoms in total. The first kappa shape index (κ1) is 18.6. The van der Waals surface area contributed by atoms with Crippen molar-refractivity contribution < 1.29 is 9.32 Å². The fraction of sp³-hybridized carbons (Fsp3) is 0.190. The lowest BCUT2D eigenvalue weighted by molar-refractivity contribution is 0.476. The number of anilines is 1. The Balaban J connectivity index is 2.00. The van der Waals surface area contributed by atoms with E-state index < -0.39 is 11.0 Å². The van der Waals surface area contributed by atoms with E-state index in [1.165, 1.54) is 0 Å². The molecular weight excluding hydrogens is 358 g/mol. The molecule has 0 spiro atoms. The van der Waals surface area contributed by atoms with Crippen LogP contribution in [0.5, 0.6) is 5.75 Å². The molecule has 27 heavy (non-hydrogen) atoms. The number of aromatic nitrogens is 1. The van der Waals surface area contributed by atoms with E-state index in [4.69, 9.17) is 0 Å². The first-order valence-corrected chi connectivity index (χ1v) is 9.91. The third-order valence-corrected chi connectivity index (χ3v) is 5.17. The van der Waals surface area contributed by atoms with Crippen LogP contribution >= 0.6 is 0 Å². The molecule has 1 heterocycles. The topological polar surface area (TPSA) is 78.0 Å². The van der Waals surface area contributed by atoms with Crippen LogP contribution in [0.2, 0.25) is 0 Å². The van der Waals surface area contributed by atoms with Gasteiger partial charge in [-0.1, -0.05) is 12.8 Å². The second-order valence-corrected chi connectivity index (χ2v) is 7.32. The number of benzene rings is 2. The van der Waals surface area contributed by atoms with Crippen molar-refractivity contribution in [3.8, 4) is 23.7 Å². The van der Waals surface area contributed by atoms with Crippen LogP contribution in [0.1, 0.15) is 30.7 Å². The van der Waals surface area contributed by atoms with Gasteiger partial charge in [0.05, 0.1) is 11.1 Å². The summed E-state index contributed by atoms with van der Waals surface area (Å²) in [5, 5.41) is 20.2. The van der Waals surface area contributed by atoms with Crippen LogP contribution in [0, 0.1) is 23.2 Å². The summed E-state index contributed by atoms with van der Waals surface area (Å²) in [4.78, 5) is 0. The van der Waals surface area contributed by atoms with Gasteiger partial charge in [-0.3, -0.25) is 0 Å². The fourth-order valence-corrected chi connectivity index (χ4v) is 3.41. The van der Waals surface area contributed by atoms with E-state index in [1.54, 1.807) is 18.2 Å². The van der Waals surface area contributed by atoms with Crippen LogP contribution in [0.15, 0.2) is 42.5 Å². The molecule has 0 aliphatic carbocycles. The molecule has 0 amide bonds. The Morgan fingerprint density at radius 1 is 1.15 bits per heavy atom. The first-order valence-electron chi connectivity index (χ1n) is 8.59. The summed E-state index contributed by atoms with van der Waals surface area (Å²) in [7, 11) is -1.08. The minimum atomic E-state index is -1.08. The minimum absolute atomic E-state index is 0.159. The SMILES string of the molecule is CCn1c(C#Cc2ccc(NS(=O)CC)cc2)c(C#N)c2ccc(O)cc21. The van der Waals surface area contributed by atoms with Gasteiger partial charge in [0.15, 0.2) is 0 Å². The maximum Gasteiger partial charge on any atom is 0.117 e. The zero-order valence-corrected chi connectivity index (χ0v) is 15.9. The summed E-state index contributed by atoms with van der Waals surface area (Å²) < 4.78 is 16.4. The molecule has 0 saturated carbocycles. The molecule has 0 radical (unpaired) electrons. The average Bonchev–Trinajstić information content (AvgIpc) is 2.98. The van der Waals surface area contributed by atoms with E-state index in [2.05, 4.69) is 22.6 Å². The highest BCUT2D eigenvalue weighted by molar-refractivity contribution is 7.86. The molecule has 136 valence electrons. The number of phenolic OH excluding ortho intramolecular Hbond substituents is 1. The largest absolute Gasteiger partial charge is 0.508 e. The van der Waals surface area contributed by atoms with E-state index in [0.717, 1.165) is 22.2 Å². The maximum absolute atomic E-state index is 11.5. The third-order valence-electron chi connectivity index (χ3n) is 4.18. The number of nitriles is 1. The molecule has 3 aromatic rings. The second-order valence-electron chi connectivity index (χ2n) is 5.84. The minimum Gasteiger partial charge on any atom is -0.508 e. The first-order chi connectivity index (χ1) is 13.1. The summed E-state index contributed by atoms with van der Waals surface area (Å²) in [6.45, 7) is 4.46. The predicted octanol–water partition coefficient (Wildman–Crippen LogP) is 3.73. The van der Waals surface area contributed by atoms with Gasteiger partial charge < -0.3 is 14.4 Å². The zero-order valence-electron chi connectivity index (χ0n) is 15.1. The van der Waals surface area contributed by atoms with Gasteiger partial charge in [0.1, 0.15) is 28.5 Å². The van der Waals surface area contributed by atoms with E-state index in [0.29, 0.717) is 23.6 Å². The van der Waals surface area contributed by atoms with Crippen molar-refractivity contribution in [2.45, 2.75) is 20.4 Å². The predicted molar refractivity (Wildman–Crippen MR) is 109 cm³/mol. The monoisotopic (exact) mass is 377 g/mol. The van der Waals surface area contributed by atoms with Crippen LogP contribution in [0.25, 0.3) is 10.9 Å². The lowest BCUT2D eigenvalue weighted by atomic mass is 10.1. The van der Waals surface area contributed by atoms with Gasteiger partial charge in [0, 0.05) is 35.0 Å². The number of nitrogens with one attached hydrogen (secondary N) is 1. The molecule has 0 saturated heterocycles. The summed E-state index contributed by atoms with van der Waals surface area (Å²) in [6.07, 6.45) is 0. The van der Waals surface area contributed by atoms with Crippen molar-refractivity contribution >= 4 is 27.6 Å². The van der Waals surface area contributed by atoms with Crippen LogP contribution in [-0.2, 0) is 17.5 Å². The van der Waals surface area contributed by atoms with Crippen molar-refractivity contribution in [1.29, 1.82) is 5.26 Å². The average molecular weight is 377 g/mol. The quantitative estimate of drug-likeness (QED) is 0.680. The van der Waals surface area contributed by atoms with Crippen molar-refractivity contribution in [2.24, 2.45) is 0 Å². The van der Waals surface area contributed by atoms with Gasteiger partial charge in [-0.25, -0.2) is 4.21 Å². The van der Waals surface area contributed by atoms with Gasteiger partial charge in [-0.15, -0.1) is 0 Å². The van der Waals surface area contributed by atoms with Crippen LogP contribution in [-0.4, -0.2) is 19.6 Å². The van der Waals surface area contributed by atoms with E-state index in [1.807, 2.05) is 42.7 Å². The lowest BCUT2D eigenvalue weighted by Crippen LogP contribution is -2.05. The number of aromatic hydroxyl groups is 1. The van der Waals surface area contributed by atoms with Gasteiger partial charge in [0.2, 0.25) is 0 Å². The van der Waals surface area contributed by atoms with Crippen LogP contribution in [0.3, 0.4) is 0 Å². The second kappa shape index (κ2) is 7.99. The Hall–Kier alpha value is -3.22. The fourth-order valence-electron chi connectivity index (χ4n) is 2.87. The van der Waals surface area contributed by atoms with Crippen LogP contribution in [0.4, 0.5) is 5.69 Å². The van der Waals surface area contributed by atoms with Crippen molar-refractivity contribution in [3.05, 3.63) is 59.3 Å². The molecular formula is C21H19N3O2S. The maximum atomic E-state index is 11.5. The number of phenols is 1. The highest BCUT2D eigenvalue weighted by Gasteiger charge is 2.15. The highest BCUT2D eigenvalue weighted by atomic mass is 32.2. The van der Waals surface area contributed by atoms with Crippen molar-refractivity contribution in [2.75, 3.05) is 10.5 Å². The zero-order chi connectivity index (χ0) is 19.4. The Bertz CT molecular complexity index is 1110. The summed E-state index contributed by atoms with van der Waals surface area (Å²) >= 11 is 0. The summed E-state index contributed by atoms with van der Waals surface area (Å²) in [5.74, 6) is 6.90. The van der Waals surface area contributed by atoms with Crippen molar-refractivity contribution in [3.63, 3.8) is 0 Å². The summed E-state index contributed by atoms with van der Waals surface area (Å²) in [5.41, 5.74) is 3.50.